The summed E-state index contributed by atoms with van der Waals surface area (Å²) in [4.78, 5) is 0. The molecule has 2 unspecified atom stereocenters. The van der Waals surface area contributed by atoms with Gasteiger partial charge in [0.25, 0.3) is 0 Å². The second kappa shape index (κ2) is 6.91. The third-order valence-electron chi connectivity index (χ3n) is 4.71. The summed E-state index contributed by atoms with van der Waals surface area (Å²) in [7, 11) is 2.00. The van der Waals surface area contributed by atoms with Gasteiger partial charge in [0.1, 0.15) is 4.33 Å². The fraction of sp³-hybridized carbons (Fsp3) is 0.300. The van der Waals surface area contributed by atoms with E-state index in [0.717, 1.165) is 23.0 Å². The first-order chi connectivity index (χ1) is 12.5. The van der Waals surface area contributed by atoms with Crippen molar-refractivity contribution in [3.05, 3.63) is 65.7 Å². The highest BCUT2D eigenvalue weighted by Gasteiger charge is 2.56. The van der Waals surface area contributed by atoms with Crippen LogP contribution in [0.5, 0.6) is 0 Å². The average Bonchev–Trinajstić information content (AvgIpc) is 3.10. The molecule has 1 aliphatic rings. The average molecular weight is 404 g/mol. The zero-order valence-electron chi connectivity index (χ0n) is 14.6. The lowest BCUT2D eigenvalue weighted by molar-refractivity contribution is 0.759. The van der Waals surface area contributed by atoms with Crippen molar-refractivity contribution >= 4 is 35.0 Å². The van der Waals surface area contributed by atoms with E-state index in [0.29, 0.717) is 0 Å². The zero-order chi connectivity index (χ0) is 18.3. The van der Waals surface area contributed by atoms with Gasteiger partial charge in [-0.3, -0.25) is 0 Å². The van der Waals surface area contributed by atoms with Gasteiger partial charge in [-0.1, -0.05) is 65.9 Å². The Morgan fingerprint density at radius 3 is 2.50 bits per heavy atom. The van der Waals surface area contributed by atoms with Crippen LogP contribution >= 0.6 is 35.0 Å². The van der Waals surface area contributed by atoms with Crippen LogP contribution in [0, 0.1) is 12.8 Å². The van der Waals surface area contributed by atoms with Crippen LogP contribution in [0.1, 0.15) is 22.8 Å². The molecule has 4 rings (SSSR count). The van der Waals surface area contributed by atoms with Crippen LogP contribution in [0.15, 0.2) is 59.8 Å². The highest BCUT2D eigenvalue weighted by atomic mass is 35.5. The molecule has 0 aliphatic heterocycles. The normalized spacial score (nSPS) is 19.3. The lowest BCUT2D eigenvalue weighted by atomic mass is 10.1. The van der Waals surface area contributed by atoms with Crippen LogP contribution in [-0.4, -0.2) is 19.1 Å². The van der Waals surface area contributed by atoms with Crippen molar-refractivity contribution in [2.45, 2.75) is 28.1 Å². The SMILES string of the molecule is Cc1cccc(-c2nnc(SC(c3ccccc3)C3CC3(Cl)Cl)n2C)c1. The van der Waals surface area contributed by atoms with Gasteiger partial charge in [0.05, 0.1) is 0 Å². The van der Waals surface area contributed by atoms with Crippen LogP contribution in [0.4, 0.5) is 0 Å². The van der Waals surface area contributed by atoms with E-state index in [2.05, 4.69) is 47.5 Å². The second-order valence-corrected chi connectivity index (χ2v) is 9.41. The summed E-state index contributed by atoms with van der Waals surface area (Å²) in [6.45, 7) is 2.08. The molecular formula is C20H19Cl2N3S. The first kappa shape index (κ1) is 17.9. The van der Waals surface area contributed by atoms with Crippen LogP contribution < -0.4 is 0 Å². The molecule has 1 heterocycles. The van der Waals surface area contributed by atoms with Gasteiger partial charge >= 0.3 is 0 Å². The van der Waals surface area contributed by atoms with Crippen LogP contribution in [0.2, 0.25) is 0 Å². The molecule has 0 radical (unpaired) electrons. The lowest BCUT2D eigenvalue weighted by Crippen LogP contribution is -2.04. The monoisotopic (exact) mass is 403 g/mol. The van der Waals surface area contributed by atoms with Crippen LogP contribution in [0.25, 0.3) is 11.4 Å². The molecule has 26 heavy (non-hydrogen) atoms. The second-order valence-electron chi connectivity index (χ2n) is 6.76. The maximum absolute atomic E-state index is 6.39. The molecule has 1 saturated carbocycles. The number of benzene rings is 2. The highest BCUT2D eigenvalue weighted by molar-refractivity contribution is 7.99. The predicted octanol–water partition coefficient (Wildman–Crippen LogP) is 5.82. The minimum atomic E-state index is -0.647. The van der Waals surface area contributed by atoms with E-state index < -0.39 is 4.33 Å². The number of rotatable bonds is 5. The molecule has 0 N–H and O–H groups in total. The fourth-order valence-electron chi connectivity index (χ4n) is 3.15. The number of aromatic nitrogens is 3. The Labute approximate surface area is 167 Å². The van der Waals surface area contributed by atoms with Crippen molar-refractivity contribution in [3.63, 3.8) is 0 Å². The Morgan fingerprint density at radius 1 is 1.12 bits per heavy atom. The summed E-state index contributed by atoms with van der Waals surface area (Å²) in [5, 5.41) is 9.87. The molecule has 2 aromatic carbocycles. The Bertz CT molecular complexity index is 924. The van der Waals surface area contributed by atoms with Gasteiger partial charge in [-0.15, -0.1) is 33.4 Å². The van der Waals surface area contributed by atoms with Crippen molar-refractivity contribution < 1.29 is 0 Å². The van der Waals surface area contributed by atoms with Gasteiger partial charge in [-0.05, 0) is 25.0 Å². The molecule has 3 aromatic rings. The Balaban J connectivity index is 1.65. The van der Waals surface area contributed by atoms with Crippen molar-refractivity contribution in [1.29, 1.82) is 0 Å². The summed E-state index contributed by atoms with van der Waals surface area (Å²) in [6, 6.07) is 18.7. The molecule has 0 spiro atoms. The summed E-state index contributed by atoms with van der Waals surface area (Å²) in [6.07, 6.45) is 0.797. The van der Waals surface area contributed by atoms with Gasteiger partial charge < -0.3 is 4.57 Å². The number of hydrogen-bond acceptors (Lipinski definition) is 3. The topological polar surface area (TPSA) is 30.7 Å². The minimum Gasteiger partial charge on any atom is -0.305 e. The molecule has 2 atom stereocenters. The number of halogens is 2. The summed E-state index contributed by atoms with van der Waals surface area (Å²) >= 11 is 14.5. The van der Waals surface area contributed by atoms with Crippen molar-refractivity contribution in [1.82, 2.24) is 14.8 Å². The molecule has 3 nitrogen and oxygen atoms in total. The Kier molecular flexibility index (Phi) is 4.76. The zero-order valence-corrected chi connectivity index (χ0v) is 16.9. The van der Waals surface area contributed by atoms with E-state index in [9.17, 15) is 0 Å². The summed E-state index contributed by atoms with van der Waals surface area (Å²) in [5.41, 5.74) is 3.48. The van der Waals surface area contributed by atoms with E-state index in [-0.39, 0.29) is 11.2 Å². The number of thioether (sulfide) groups is 1. The minimum absolute atomic E-state index is 0.152. The molecule has 0 bridgehead atoms. The number of alkyl halides is 2. The molecule has 6 heteroatoms. The van der Waals surface area contributed by atoms with E-state index in [1.165, 1.54) is 11.1 Å². The molecule has 1 aliphatic carbocycles. The van der Waals surface area contributed by atoms with E-state index in [4.69, 9.17) is 23.2 Å². The number of hydrogen-bond donors (Lipinski definition) is 0. The van der Waals surface area contributed by atoms with E-state index >= 15 is 0 Å². The third-order valence-corrected chi connectivity index (χ3v) is 7.00. The molecule has 1 fully saturated rings. The summed E-state index contributed by atoms with van der Waals surface area (Å²) in [5.74, 6) is 1.07. The standard InChI is InChI=1S/C20H19Cl2N3S/c1-13-7-6-10-15(11-13)18-23-24-19(25(18)2)26-17(16-12-20(16,21)22)14-8-4-3-5-9-14/h3-11,16-17H,12H2,1-2H3. The van der Waals surface area contributed by atoms with Crippen molar-refractivity contribution in [3.8, 4) is 11.4 Å². The fourth-order valence-corrected chi connectivity index (χ4v) is 5.23. The van der Waals surface area contributed by atoms with E-state index in [1.54, 1.807) is 11.8 Å². The first-order valence-electron chi connectivity index (χ1n) is 8.51. The number of nitrogens with zero attached hydrogens (tertiary/aromatic N) is 3. The summed E-state index contributed by atoms with van der Waals surface area (Å²) < 4.78 is 1.40. The largest absolute Gasteiger partial charge is 0.305 e. The van der Waals surface area contributed by atoms with E-state index in [1.807, 2.05) is 35.9 Å². The van der Waals surface area contributed by atoms with Crippen LogP contribution in [-0.2, 0) is 7.05 Å². The lowest BCUT2D eigenvalue weighted by Gasteiger charge is -2.17. The molecular weight excluding hydrogens is 385 g/mol. The Hall–Kier alpha value is -1.49. The van der Waals surface area contributed by atoms with Gasteiger partial charge in [-0.2, -0.15) is 0 Å². The third kappa shape index (κ3) is 3.51. The maximum atomic E-state index is 6.39. The molecule has 0 saturated heterocycles. The van der Waals surface area contributed by atoms with Gasteiger partial charge in [0, 0.05) is 23.8 Å². The van der Waals surface area contributed by atoms with Gasteiger partial charge in [-0.25, -0.2) is 0 Å². The van der Waals surface area contributed by atoms with Crippen molar-refractivity contribution in [2.24, 2.45) is 13.0 Å². The Morgan fingerprint density at radius 2 is 1.85 bits per heavy atom. The maximum Gasteiger partial charge on any atom is 0.191 e. The highest BCUT2D eigenvalue weighted by Crippen LogP contribution is 2.63. The van der Waals surface area contributed by atoms with Gasteiger partial charge in [0.15, 0.2) is 11.0 Å². The first-order valence-corrected chi connectivity index (χ1v) is 10.1. The molecule has 0 amide bonds. The number of aryl methyl sites for hydroxylation is 1. The van der Waals surface area contributed by atoms with Gasteiger partial charge in [0.2, 0.25) is 0 Å². The van der Waals surface area contributed by atoms with Crippen LogP contribution in [0.3, 0.4) is 0 Å². The molecule has 134 valence electrons. The van der Waals surface area contributed by atoms with Crippen molar-refractivity contribution in [2.75, 3.05) is 0 Å². The quantitative estimate of drug-likeness (QED) is 0.397. The molecule has 1 aromatic heterocycles. The smallest absolute Gasteiger partial charge is 0.191 e. The predicted molar refractivity (Wildman–Crippen MR) is 109 cm³/mol.